The molecule has 0 amide bonds. The molecule has 1 aromatic heterocycles. The normalized spacial score (nSPS) is 13.5. The zero-order valence-corrected chi connectivity index (χ0v) is 13.5. The first-order valence-corrected chi connectivity index (χ1v) is 7.91. The van der Waals surface area contributed by atoms with E-state index in [0.717, 1.165) is 5.69 Å². The molecule has 0 aliphatic carbocycles. The molecule has 3 rings (SSSR count). The summed E-state index contributed by atoms with van der Waals surface area (Å²) in [4.78, 5) is 8.48. The van der Waals surface area contributed by atoms with Crippen molar-refractivity contribution >= 4 is 0 Å². The van der Waals surface area contributed by atoms with Crippen LogP contribution in [0.25, 0.3) is 11.1 Å². The highest BCUT2D eigenvalue weighted by molar-refractivity contribution is 5.63. The van der Waals surface area contributed by atoms with Crippen LogP contribution in [-0.4, -0.2) is 9.97 Å². The van der Waals surface area contributed by atoms with Crippen LogP contribution in [-0.2, 0) is 0 Å². The summed E-state index contributed by atoms with van der Waals surface area (Å²) in [6.07, 6.45) is 5.23. The van der Waals surface area contributed by atoms with Crippen LogP contribution in [0, 0.1) is 0 Å². The minimum Gasteiger partial charge on any atom is -0.302 e. The first-order valence-electron chi connectivity index (χ1n) is 7.91. The van der Waals surface area contributed by atoms with Gasteiger partial charge >= 0.3 is 0 Å². The molecule has 23 heavy (non-hydrogen) atoms. The predicted octanol–water partition coefficient (Wildman–Crippen LogP) is 4.56. The molecule has 1 N–H and O–H groups in total. The van der Waals surface area contributed by atoms with Gasteiger partial charge in [0.1, 0.15) is 0 Å². The fraction of sp³-hybridized carbons (Fsp3) is 0.200. The Hall–Kier alpha value is -2.52. The van der Waals surface area contributed by atoms with Crippen molar-refractivity contribution in [3.8, 4) is 11.1 Å². The van der Waals surface area contributed by atoms with E-state index in [0.29, 0.717) is 0 Å². The summed E-state index contributed by atoms with van der Waals surface area (Å²) in [5.74, 6) is 0. The van der Waals surface area contributed by atoms with Gasteiger partial charge in [0.25, 0.3) is 0 Å². The maximum atomic E-state index is 4.35. The minimum atomic E-state index is 0.160. The van der Waals surface area contributed by atoms with Gasteiger partial charge in [-0.25, -0.2) is 0 Å². The second-order valence-electron chi connectivity index (χ2n) is 5.73. The monoisotopic (exact) mass is 303 g/mol. The maximum Gasteiger partial charge on any atom is 0.0753 e. The molecule has 0 fully saturated rings. The van der Waals surface area contributed by atoms with E-state index >= 15 is 0 Å². The van der Waals surface area contributed by atoms with Crippen LogP contribution in [0.3, 0.4) is 0 Å². The van der Waals surface area contributed by atoms with E-state index in [4.69, 9.17) is 0 Å². The van der Waals surface area contributed by atoms with Gasteiger partial charge in [0.15, 0.2) is 0 Å². The van der Waals surface area contributed by atoms with Gasteiger partial charge in [0, 0.05) is 30.7 Å². The fourth-order valence-electron chi connectivity index (χ4n) is 2.69. The van der Waals surface area contributed by atoms with Crippen molar-refractivity contribution < 1.29 is 0 Å². The fourth-order valence-corrected chi connectivity index (χ4v) is 2.69. The Kier molecular flexibility index (Phi) is 4.79. The molecule has 0 saturated heterocycles. The molecule has 3 aromatic rings. The lowest BCUT2D eigenvalue weighted by atomic mass is 10.0. The molecule has 0 unspecified atom stereocenters. The molecule has 0 bridgehead atoms. The van der Waals surface area contributed by atoms with Crippen molar-refractivity contribution in [1.29, 1.82) is 0 Å². The van der Waals surface area contributed by atoms with Crippen molar-refractivity contribution in [2.45, 2.75) is 25.9 Å². The third-order valence-corrected chi connectivity index (χ3v) is 4.04. The van der Waals surface area contributed by atoms with Gasteiger partial charge in [-0.3, -0.25) is 9.97 Å². The van der Waals surface area contributed by atoms with E-state index in [2.05, 4.69) is 77.7 Å². The SMILES string of the molecule is C[C@H](N[C@@H](C)c1cnccn1)c1ccc(-c2ccccc2)cc1. The molecular weight excluding hydrogens is 282 g/mol. The maximum absolute atomic E-state index is 4.35. The van der Waals surface area contributed by atoms with Crippen molar-refractivity contribution in [3.05, 3.63) is 84.4 Å². The summed E-state index contributed by atoms with van der Waals surface area (Å²) in [7, 11) is 0. The molecule has 2 aromatic carbocycles. The summed E-state index contributed by atoms with van der Waals surface area (Å²) in [5.41, 5.74) is 4.71. The summed E-state index contributed by atoms with van der Waals surface area (Å²) >= 11 is 0. The van der Waals surface area contributed by atoms with Crippen molar-refractivity contribution in [2.24, 2.45) is 0 Å². The lowest BCUT2D eigenvalue weighted by molar-refractivity contribution is 0.485. The Balaban J connectivity index is 1.69. The molecule has 0 aliphatic heterocycles. The Labute approximate surface area is 137 Å². The van der Waals surface area contributed by atoms with Crippen LogP contribution < -0.4 is 5.32 Å². The van der Waals surface area contributed by atoms with E-state index in [9.17, 15) is 0 Å². The van der Waals surface area contributed by atoms with E-state index in [-0.39, 0.29) is 12.1 Å². The number of hydrogen-bond donors (Lipinski definition) is 1. The molecule has 3 heteroatoms. The van der Waals surface area contributed by atoms with Crippen LogP contribution in [0.2, 0.25) is 0 Å². The minimum absolute atomic E-state index is 0.160. The van der Waals surface area contributed by atoms with Crippen molar-refractivity contribution in [3.63, 3.8) is 0 Å². The van der Waals surface area contributed by atoms with E-state index in [1.165, 1.54) is 16.7 Å². The predicted molar refractivity (Wildman–Crippen MR) is 93.9 cm³/mol. The van der Waals surface area contributed by atoms with Gasteiger partial charge in [-0.15, -0.1) is 0 Å². The Morgan fingerprint density at radius 1 is 0.783 bits per heavy atom. The number of rotatable bonds is 5. The number of nitrogens with zero attached hydrogens (tertiary/aromatic N) is 2. The van der Waals surface area contributed by atoms with Gasteiger partial charge in [-0.1, -0.05) is 54.6 Å². The van der Waals surface area contributed by atoms with Crippen LogP contribution in [0.1, 0.15) is 37.2 Å². The molecule has 0 spiro atoms. The Morgan fingerprint density at radius 3 is 2.13 bits per heavy atom. The Bertz CT molecular complexity index is 724. The summed E-state index contributed by atoms with van der Waals surface area (Å²) in [5, 5.41) is 3.57. The van der Waals surface area contributed by atoms with Gasteiger partial charge in [0.05, 0.1) is 5.69 Å². The number of nitrogens with one attached hydrogen (secondary N) is 1. The van der Waals surface area contributed by atoms with Gasteiger partial charge in [-0.2, -0.15) is 0 Å². The highest BCUT2D eigenvalue weighted by atomic mass is 15.0. The van der Waals surface area contributed by atoms with Crippen LogP contribution in [0.15, 0.2) is 73.2 Å². The standard InChI is InChI=1S/C20H21N3/c1-15(23-16(2)20-14-21-12-13-22-20)17-8-10-19(11-9-17)18-6-4-3-5-7-18/h3-16,23H,1-2H3/t15-,16-/m0/s1. The van der Waals surface area contributed by atoms with E-state index in [1.807, 2.05) is 12.3 Å². The molecule has 0 radical (unpaired) electrons. The van der Waals surface area contributed by atoms with Crippen LogP contribution >= 0.6 is 0 Å². The number of aromatic nitrogens is 2. The van der Waals surface area contributed by atoms with Crippen molar-refractivity contribution in [1.82, 2.24) is 15.3 Å². The second kappa shape index (κ2) is 7.16. The average Bonchev–Trinajstić information content (AvgIpc) is 2.63. The largest absolute Gasteiger partial charge is 0.302 e. The molecule has 116 valence electrons. The first-order chi connectivity index (χ1) is 11.2. The summed E-state index contributed by atoms with van der Waals surface area (Å²) < 4.78 is 0. The number of hydrogen-bond acceptors (Lipinski definition) is 3. The summed E-state index contributed by atoms with van der Waals surface area (Å²) in [6, 6.07) is 19.6. The lowest BCUT2D eigenvalue weighted by Crippen LogP contribution is -2.23. The molecule has 3 nitrogen and oxygen atoms in total. The van der Waals surface area contributed by atoms with E-state index < -0.39 is 0 Å². The highest BCUT2D eigenvalue weighted by Crippen LogP contribution is 2.23. The topological polar surface area (TPSA) is 37.8 Å². The molecule has 2 atom stereocenters. The van der Waals surface area contributed by atoms with Crippen LogP contribution in [0.4, 0.5) is 0 Å². The third kappa shape index (κ3) is 3.82. The summed E-state index contributed by atoms with van der Waals surface area (Å²) in [6.45, 7) is 4.28. The molecule has 1 heterocycles. The van der Waals surface area contributed by atoms with E-state index in [1.54, 1.807) is 12.4 Å². The zero-order valence-electron chi connectivity index (χ0n) is 13.5. The van der Waals surface area contributed by atoms with Gasteiger partial charge < -0.3 is 5.32 Å². The second-order valence-corrected chi connectivity index (χ2v) is 5.73. The quantitative estimate of drug-likeness (QED) is 0.751. The highest BCUT2D eigenvalue weighted by Gasteiger charge is 2.12. The lowest BCUT2D eigenvalue weighted by Gasteiger charge is -2.20. The zero-order chi connectivity index (χ0) is 16.1. The van der Waals surface area contributed by atoms with Gasteiger partial charge in [-0.05, 0) is 30.5 Å². The first kappa shape index (κ1) is 15.4. The third-order valence-electron chi connectivity index (χ3n) is 4.04. The van der Waals surface area contributed by atoms with Crippen LogP contribution in [0.5, 0.6) is 0 Å². The Morgan fingerprint density at radius 2 is 1.48 bits per heavy atom. The average molecular weight is 303 g/mol. The van der Waals surface area contributed by atoms with Gasteiger partial charge in [0.2, 0.25) is 0 Å². The van der Waals surface area contributed by atoms with Crippen molar-refractivity contribution in [2.75, 3.05) is 0 Å². The molecule has 0 saturated carbocycles. The molecular formula is C20H21N3. The number of benzene rings is 2. The smallest absolute Gasteiger partial charge is 0.0753 e. The molecule has 0 aliphatic rings.